The number of piperidine rings is 1. The molecule has 0 aromatic rings. The minimum Gasteiger partial charge on any atom is -0.396 e. The maximum absolute atomic E-state index is 11.4. The zero-order valence-electron chi connectivity index (χ0n) is 9.54. The molecule has 0 unspecified atom stereocenters. The Morgan fingerprint density at radius 3 is 2.73 bits per heavy atom. The van der Waals surface area contributed by atoms with Crippen LogP contribution in [0.2, 0.25) is 0 Å². The van der Waals surface area contributed by atoms with Gasteiger partial charge in [0.1, 0.15) is 0 Å². The van der Waals surface area contributed by atoms with Crippen LogP contribution in [-0.4, -0.2) is 48.7 Å². The van der Waals surface area contributed by atoms with Crippen LogP contribution in [0.1, 0.15) is 26.2 Å². The third-order valence-corrected chi connectivity index (χ3v) is 2.90. The average molecular weight is 214 g/mol. The van der Waals surface area contributed by atoms with E-state index in [1.165, 1.54) is 12.8 Å². The van der Waals surface area contributed by atoms with Crippen LogP contribution < -0.4 is 5.32 Å². The second-order valence-electron chi connectivity index (χ2n) is 4.39. The van der Waals surface area contributed by atoms with Gasteiger partial charge in [0.15, 0.2) is 0 Å². The Balaban J connectivity index is 2.09. The summed E-state index contributed by atoms with van der Waals surface area (Å²) in [5, 5.41) is 11.4. The molecule has 0 radical (unpaired) electrons. The van der Waals surface area contributed by atoms with E-state index in [9.17, 15) is 4.79 Å². The van der Waals surface area contributed by atoms with Gasteiger partial charge in [-0.15, -0.1) is 0 Å². The molecule has 0 bridgehead atoms. The van der Waals surface area contributed by atoms with Gasteiger partial charge in [-0.2, -0.15) is 0 Å². The maximum atomic E-state index is 11.4. The van der Waals surface area contributed by atoms with Crippen LogP contribution in [0.15, 0.2) is 0 Å². The van der Waals surface area contributed by atoms with Crippen LogP contribution >= 0.6 is 0 Å². The molecule has 4 heteroatoms. The number of amides is 1. The number of carbonyl (C=O) groups is 1. The van der Waals surface area contributed by atoms with Crippen molar-refractivity contribution in [3.8, 4) is 0 Å². The zero-order valence-corrected chi connectivity index (χ0v) is 9.54. The molecule has 0 atom stereocenters. The summed E-state index contributed by atoms with van der Waals surface area (Å²) >= 11 is 0. The Labute approximate surface area is 91.6 Å². The Hall–Kier alpha value is -0.610. The van der Waals surface area contributed by atoms with Gasteiger partial charge < -0.3 is 10.4 Å². The van der Waals surface area contributed by atoms with Crippen LogP contribution in [0.3, 0.4) is 0 Å². The van der Waals surface area contributed by atoms with Gasteiger partial charge in [0.2, 0.25) is 5.91 Å². The van der Waals surface area contributed by atoms with E-state index < -0.39 is 0 Å². The van der Waals surface area contributed by atoms with Crippen molar-refractivity contribution in [1.29, 1.82) is 0 Å². The second kappa shape index (κ2) is 6.80. The fourth-order valence-corrected chi connectivity index (χ4v) is 1.79. The molecule has 0 aromatic heterocycles. The van der Waals surface area contributed by atoms with Crippen LogP contribution in [0.4, 0.5) is 0 Å². The van der Waals surface area contributed by atoms with Crippen molar-refractivity contribution in [2.24, 2.45) is 5.92 Å². The highest BCUT2D eigenvalue weighted by atomic mass is 16.3. The van der Waals surface area contributed by atoms with Gasteiger partial charge in [-0.1, -0.05) is 6.92 Å². The zero-order chi connectivity index (χ0) is 11.1. The summed E-state index contributed by atoms with van der Waals surface area (Å²) in [5.74, 6) is 0.886. The van der Waals surface area contributed by atoms with Crippen molar-refractivity contribution in [2.45, 2.75) is 26.2 Å². The van der Waals surface area contributed by atoms with Gasteiger partial charge in [0.05, 0.1) is 6.54 Å². The Morgan fingerprint density at radius 2 is 2.13 bits per heavy atom. The van der Waals surface area contributed by atoms with Gasteiger partial charge in [0, 0.05) is 13.2 Å². The van der Waals surface area contributed by atoms with E-state index in [4.69, 9.17) is 5.11 Å². The Kier molecular flexibility index (Phi) is 5.65. The van der Waals surface area contributed by atoms with Crippen molar-refractivity contribution < 1.29 is 9.90 Å². The smallest absolute Gasteiger partial charge is 0.234 e. The molecule has 1 fully saturated rings. The summed E-state index contributed by atoms with van der Waals surface area (Å²) in [5.41, 5.74) is 0. The normalized spacial score (nSPS) is 19.1. The summed E-state index contributed by atoms with van der Waals surface area (Å²) in [7, 11) is 0. The minimum absolute atomic E-state index is 0.0815. The molecule has 15 heavy (non-hydrogen) atoms. The molecule has 1 heterocycles. The number of carbonyl (C=O) groups excluding carboxylic acids is 1. The number of rotatable bonds is 5. The van der Waals surface area contributed by atoms with Gasteiger partial charge in [-0.05, 0) is 38.3 Å². The first-order chi connectivity index (χ1) is 7.22. The molecule has 1 aliphatic rings. The summed E-state index contributed by atoms with van der Waals surface area (Å²) in [6, 6.07) is 0. The average Bonchev–Trinajstić information content (AvgIpc) is 2.22. The van der Waals surface area contributed by atoms with E-state index in [2.05, 4.69) is 17.1 Å². The molecular weight excluding hydrogens is 192 g/mol. The lowest BCUT2D eigenvalue weighted by atomic mass is 9.99. The quantitative estimate of drug-likeness (QED) is 0.644. The van der Waals surface area contributed by atoms with Crippen molar-refractivity contribution in [3.63, 3.8) is 0 Å². The molecule has 0 aliphatic carbocycles. The topological polar surface area (TPSA) is 52.6 Å². The number of nitrogens with zero attached hydrogens (tertiary/aromatic N) is 1. The van der Waals surface area contributed by atoms with Crippen LogP contribution in [0.25, 0.3) is 0 Å². The molecular formula is C11H22N2O2. The SMILES string of the molecule is CC1CCN(CC(=O)NCCCO)CC1. The summed E-state index contributed by atoms with van der Waals surface area (Å²) in [4.78, 5) is 13.6. The third kappa shape index (κ3) is 5.14. The van der Waals surface area contributed by atoms with Crippen molar-refractivity contribution in [2.75, 3.05) is 32.8 Å². The first-order valence-electron chi connectivity index (χ1n) is 5.82. The number of nitrogens with one attached hydrogen (secondary N) is 1. The van der Waals surface area contributed by atoms with Crippen LogP contribution in [-0.2, 0) is 4.79 Å². The van der Waals surface area contributed by atoms with Gasteiger partial charge in [0.25, 0.3) is 0 Å². The monoisotopic (exact) mass is 214 g/mol. The predicted molar refractivity (Wildman–Crippen MR) is 59.6 cm³/mol. The van der Waals surface area contributed by atoms with Gasteiger partial charge >= 0.3 is 0 Å². The lowest BCUT2D eigenvalue weighted by Crippen LogP contribution is -2.41. The van der Waals surface area contributed by atoms with Crippen LogP contribution in [0.5, 0.6) is 0 Å². The summed E-state index contributed by atoms with van der Waals surface area (Å²) < 4.78 is 0. The maximum Gasteiger partial charge on any atom is 0.234 e. The first-order valence-corrected chi connectivity index (χ1v) is 5.82. The largest absolute Gasteiger partial charge is 0.396 e. The van der Waals surface area contributed by atoms with Crippen molar-refractivity contribution in [1.82, 2.24) is 10.2 Å². The molecule has 1 amide bonds. The lowest BCUT2D eigenvalue weighted by molar-refractivity contribution is -0.122. The molecule has 0 saturated carbocycles. The molecule has 2 N–H and O–H groups in total. The summed E-state index contributed by atoms with van der Waals surface area (Å²) in [6.45, 7) is 5.57. The Morgan fingerprint density at radius 1 is 1.47 bits per heavy atom. The highest BCUT2D eigenvalue weighted by Crippen LogP contribution is 2.15. The standard InChI is InChI=1S/C11H22N2O2/c1-10-3-6-13(7-4-10)9-11(15)12-5-2-8-14/h10,14H,2-9H2,1H3,(H,12,15). The van der Waals surface area contributed by atoms with E-state index >= 15 is 0 Å². The number of likely N-dealkylation sites (tertiary alicyclic amines) is 1. The van der Waals surface area contributed by atoms with E-state index in [0.717, 1.165) is 19.0 Å². The van der Waals surface area contributed by atoms with E-state index in [1.807, 2.05) is 0 Å². The second-order valence-corrected chi connectivity index (χ2v) is 4.39. The molecule has 0 spiro atoms. The van der Waals surface area contributed by atoms with Crippen molar-refractivity contribution in [3.05, 3.63) is 0 Å². The fourth-order valence-electron chi connectivity index (χ4n) is 1.79. The molecule has 88 valence electrons. The highest BCUT2D eigenvalue weighted by Gasteiger charge is 2.17. The first kappa shape index (κ1) is 12.5. The van der Waals surface area contributed by atoms with Crippen LogP contribution in [0, 0.1) is 5.92 Å². The summed E-state index contributed by atoms with van der Waals surface area (Å²) in [6.07, 6.45) is 3.04. The number of hydrogen-bond acceptors (Lipinski definition) is 3. The molecule has 4 nitrogen and oxygen atoms in total. The molecule has 1 rings (SSSR count). The molecule has 1 aliphatic heterocycles. The van der Waals surface area contributed by atoms with E-state index in [0.29, 0.717) is 19.5 Å². The van der Waals surface area contributed by atoms with Gasteiger partial charge in [-0.25, -0.2) is 0 Å². The van der Waals surface area contributed by atoms with Gasteiger partial charge in [-0.3, -0.25) is 9.69 Å². The predicted octanol–water partition coefficient (Wildman–Crippen LogP) is 0.217. The molecule has 0 aromatic carbocycles. The number of hydrogen-bond donors (Lipinski definition) is 2. The van der Waals surface area contributed by atoms with Crippen molar-refractivity contribution >= 4 is 5.91 Å². The molecule has 1 saturated heterocycles. The lowest BCUT2D eigenvalue weighted by Gasteiger charge is -2.29. The minimum atomic E-state index is 0.0815. The van der Waals surface area contributed by atoms with E-state index in [-0.39, 0.29) is 12.5 Å². The fraction of sp³-hybridized carbons (Fsp3) is 0.909. The number of aliphatic hydroxyl groups is 1. The highest BCUT2D eigenvalue weighted by molar-refractivity contribution is 5.77. The third-order valence-electron chi connectivity index (χ3n) is 2.90. The van der Waals surface area contributed by atoms with E-state index in [1.54, 1.807) is 0 Å². The number of aliphatic hydroxyl groups excluding tert-OH is 1. The Bertz CT molecular complexity index is 189.